The van der Waals surface area contributed by atoms with Crippen LogP contribution >= 0.6 is 0 Å². The molecule has 2 aliphatic rings. The maximum atomic E-state index is 5.64. The van der Waals surface area contributed by atoms with E-state index in [1.165, 1.54) is 76.7 Å². The average Bonchev–Trinajstić information content (AvgIpc) is 3.92. The molecule has 3 aromatic heterocycles. The highest BCUT2D eigenvalue weighted by Gasteiger charge is 2.40. The predicted molar refractivity (Wildman–Crippen MR) is 270 cm³/mol. The molecule has 0 radical (unpaired) electrons. The summed E-state index contributed by atoms with van der Waals surface area (Å²) in [5, 5.41) is 7.28. The molecule has 2 aliphatic carbocycles. The number of hydrogen-bond acceptors (Lipinski definition) is 3. The highest BCUT2D eigenvalue weighted by Crippen LogP contribution is 2.53. The lowest BCUT2D eigenvalue weighted by Crippen LogP contribution is -2.33. The molecule has 13 rings (SSSR count). The van der Waals surface area contributed by atoms with Crippen LogP contribution in [0.2, 0.25) is 0 Å². The summed E-state index contributed by atoms with van der Waals surface area (Å²) in [5.41, 5.74) is 15.3. The Bertz CT molecular complexity index is 3790. The zero-order valence-electron chi connectivity index (χ0n) is 37.7. The lowest BCUT2D eigenvalue weighted by Gasteiger charge is -2.42. The summed E-state index contributed by atoms with van der Waals surface area (Å²) in [5.74, 6) is 1.94. The minimum Gasteiger partial charge on any atom is -0.309 e. The quantitative estimate of drug-likeness (QED) is 0.177. The van der Waals surface area contributed by atoms with E-state index in [0.717, 1.165) is 40.7 Å². The summed E-state index contributed by atoms with van der Waals surface area (Å²) in [7, 11) is 0. The Morgan fingerprint density at radius 3 is 1.82 bits per heavy atom. The first-order valence-electron chi connectivity index (χ1n) is 23.1. The van der Waals surface area contributed by atoms with E-state index in [4.69, 9.17) is 15.0 Å². The van der Waals surface area contributed by atoms with E-state index in [-0.39, 0.29) is 16.2 Å². The van der Waals surface area contributed by atoms with E-state index in [2.05, 4.69) is 214 Å². The van der Waals surface area contributed by atoms with Gasteiger partial charge >= 0.3 is 0 Å². The smallest absolute Gasteiger partial charge is 0.238 e. The molecule has 0 aliphatic heterocycles. The van der Waals surface area contributed by atoms with Crippen LogP contribution in [-0.4, -0.2) is 24.1 Å². The highest BCUT2D eigenvalue weighted by atomic mass is 15.2. The molecule has 5 heteroatoms. The largest absolute Gasteiger partial charge is 0.309 e. The van der Waals surface area contributed by atoms with Crippen LogP contribution in [0.3, 0.4) is 0 Å². The Morgan fingerprint density at radius 2 is 1.02 bits per heavy atom. The van der Waals surface area contributed by atoms with Gasteiger partial charge in [-0.25, -0.2) is 4.98 Å². The number of benzene rings is 8. The molecule has 314 valence electrons. The van der Waals surface area contributed by atoms with Crippen LogP contribution < -0.4 is 0 Å². The van der Waals surface area contributed by atoms with E-state index in [0.29, 0.717) is 17.6 Å². The number of hydrogen-bond donors (Lipinski definition) is 0. The van der Waals surface area contributed by atoms with Gasteiger partial charge in [-0.1, -0.05) is 163 Å². The standard InChI is InChI=1S/C60H49N5/c1-58(2)30-31-59(3,4)48-35-52-43(32-47(48)58)44-33-51-45(53-39-23-14-13-18-36(39)28-29-49(53)64(51)38-21-11-8-12-22-38)34-50(44)65(52)57-62-55(37-19-9-7-10-20-37)61-56(63-57)42-26-17-25-41-40-24-15-16-27-46(40)60(5,6)54(41)42/h7-29,32-35H,30-31H2,1-6H3. The molecule has 65 heavy (non-hydrogen) atoms. The van der Waals surface area contributed by atoms with Gasteiger partial charge in [0.1, 0.15) is 0 Å². The number of rotatable bonds is 4. The molecule has 0 saturated carbocycles. The molecular weight excluding hydrogens is 791 g/mol. The molecule has 5 nitrogen and oxygen atoms in total. The molecule has 3 heterocycles. The Kier molecular flexibility index (Phi) is 7.82. The lowest BCUT2D eigenvalue weighted by molar-refractivity contribution is 0.332. The predicted octanol–water partition coefficient (Wildman–Crippen LogP) is 15.2. The molecule has 11 aromatic rings. The van der Waals surface area contributed by atoms with Crippen molar-refractivity contribution >= 4 is 54.4 Å². The first kappa shape index (κ1) is 38.1. The molecular formula is C60H49N5. The molecule has 0 N–H and O–H groups in total. The van der Waals surface area contributed by atoms with Crippen LogP contribution in [0.1, 0.15) is 76.6 Å². The van der Waals surface area contributed by atoms with Crippen molar-refractivity contribution in [3.8, 4) is 45.5 Å². The molecule has 0 atom stereocenters. The summed E-state index contributed by atoms with van der Waals surface area (Å²) in [6.07, 6.45) is 2.25. The van der Waals surface area contributed by atoms with Crippen molar-refractivity contribution in [2.75, 3.05) is 0 Å². The molecule has 0 spiro atoms. The maximum Gasteiger partial charge on any atom is 0.238 e. The molecule has 0 bridgehead atoms. The molecule has 0 saturated heterocycles. The van der Waals surface area contributed by atoms with E-state index in [9.17, 15) is 0 Å². The van der Waals surface area contributed by atoms with Crippen LogP contribution in [0, 0.1) is 0 Å². The van der Waals surface area contributed by atoms with Crippen LogP contribution in [0.25, 0.3) is 99.9 Å². The van der Waals surface area contributed by atoms with E-state index in [1.807, 2.05) is 0 Å². The van der Waals surface area contributed by atoms with Crippen molar-refractivity contribution in [1.29, 1.82) is 0 Å². The van der Waals surface area contributed by atoms with Crippen molar-refractivity contribution < 1.29 is 0 Å². The van der Waals surface area contributed by atoms with Gasteiger partial charge in [0.2, 0.25) is 5.95 Å². The zero-order chi connectivity index (χ0) is 44.0. The molecule has 0 amide bonds. The summed E-state index contributed by atoms with van der Waals surface area (Å²) in [6.45, 7) is 14.3. The van der Waals surface area contributed by atoms with E-state index in [1.54, 1.807) is 0 Å². The van der Waals surface area contributed by atoms with Gasteiger partial charge in [-0.15, -0.1) is 0 Å². The molecule has 0 unspecified atom stereocenters. The van der Waals surface area contributed by atoms with Gasteiger partial charge in [0, 0.05) is 43.8 Å². The first-order chi connectivity index (χ1) is 31.5. The second-order valence-corrected chi connectivity index (χ2v) is 20.3. The van der Waals surface area contributed by atoms with Crippen LogP contribution in [0.5, 0.6) is 0 Å². The highest BCUT2D eigenvalue weighted by molar-refractivity contribution is 6.25. The summed E-state index contributed by atoms with van der Waals surface area (Å²) in [4.78, 5) is 16.5. The molecule has 0 fully saturated rings. The molecule has 8 aromatic carbocycles. The minimum absolute atomic E-state index is 0.00527. The van der Waals surface area contributed by atoms with Crippen molar-refractivity contribution in [1.82, 2.24) is 24.1 Å². The van der Waals surface area contributed by atoms with Gasteiger partial charge < -0.3 is 4.57 Å². The Balaban J connectivity index is 1.19. The Hall–Kier alpha value is -7.37. The average molecular weight is 840 g/mol. The van der Waals surface area contributed by atoms with E-state index >= 15 is 0 Å². The van der Waals surface area contributed by atoms with Gasteiger partial charge in [-0.3, -0.25) is 4.57 Å². The number of para-hydroxylation sites is 1. The van der Waals surface area contributed by atoms with Gasteiger partial charge in [-0.2, -0.15) is 9.97 Å². The number of fused-ring (bicyclic) bond motifs is 12. The third-order valence-corrected chi connectivity index (χ3v) is 15.2. The van der Waals surface area contributed by atoms with Crippen molar-refractivity contribution in [2.24, 2.45) is 0 Å². The SMILES string of the molecule is CC1(C)CCC(C)(C)c2cc3c(cc21)c1cc2c(cc1n3-c1nc(-c3ccccc3)nc(-c3cccc4c3C(C)(C)c3ccccc3-4)n1)c1c3ccccc3ccc1n2-c1ccccc1. The fourth-order valence-corrected chi connectivity index (χ4v) is 11.8. The first-order valence-corrected chi connectivity index (χ1v) is 23.1. The summed E-state index contributed by atoms with van der Waals surface area (Å²) >= 11 is 0. The summed E-state index contributed by atoms with van der Waals surface area (Å²) < 4.78 is 4.81. The van der Waals surface area contributed by atoms with Crippen molar-refractivity contribution in [2.45, 2.75) is 70.6 Å². The van der Waals surface area contributed by atoms with Gasteiger partial charge in [-0.05, 0) is 110 Å². The van der Waals surface area contributed by atoms with Crippen LogP contribution in [0.4, 0.5) is 0 Å². The van der Waals surface area contributed by atoms with Gasteiger partial charge in [0.05, 0.1) is 22.1 Å². The topological polar surface area (TPSA) is 48.5 Å². The maximum absolute atomic E-state index is 5.64. The number of aromatic nitrogens is 5. The fourth-order valence-electron chi connectivity index (χ4n) is 11.8. The number of nitrogens with zero attached hydrogens (tertiary/aromatic N) is 5. The van der Waals surface area contributed by atoms with Crippen LogP contribution in [-0.2, 0) is 16.2 Å². The zero-order valence-corrected chi connectivity index (χ0v) is 37.7. The van der Waals surface area contributed by atoms with Crippen molar-refractivity contribution in [3.05, 3.63) is 186 Å². The fraction of sp³-hybridized carbons (Fsp3) is 0.183. The second-order valence-electron chi connectivity index (χ2n) is 20.3. The van der Waals surface area contributed by atoms with Crippen molar-refractivity contribution in [3.63, 3.8) is 0 Å². The van der Waals surface area contributed by atoms with E-state index < -0.39 is 0 Å². The third-order valence-electron chi connectivity index (χ3n) is 15.2. The second kappa shape index (κ2) is 13.3. The van der Waals surface area contributed by atoms with Gasteiger partial charge in [0.15, 0.2) is 11.6 Å². The lowest BCUT2D eigenvalue weighted by atomic mass is 9.63. The minimum atomic E-state index is -0.256. The summed E-state index contributed by atoms with van der Waals surface area (Å²) in [6, 6.07) is 59.9. The Morgan fingerprint density at radius 1 is 0.415 bits per heavy atom. The van der Waals surface area contributed by atoms with Crippen LogP contribution in [0.15, 0.2) is 164 Å². The third kappa shape index (κ3) is 5.42. The monoisotopic (exact) mass is 839 g/mol. The Labute approximate surface area is 379 Å². The van der Waals surface area contributed by atoms with Gasteiger partial charge in [0.25, 0.3) is 0 Å². The normalized spacial score (nSPS) is 15.8.